The zero-order chi connectivity index (χ0) is 14.6. The Bertz CT molecular complexity index is 678. The van der Waals surface area contributed by atoms with Gasteiger partial charge in [-0.15, -0.1) is 11.3 Å². The minimum atomic E-state index is -3.63. The van der Waals surface area contributed by atoms with E-state index >= 15 is 0 Å². The molecule has 1 aromatic carbocycles. The van der Waals surface area contributed by atoms with E-state index in [1.54, 1.807) is 23.5 Å². The molecule has 108 valence electrons. The van der Waals surface area contributed by atoms with E-state index in [2.05, 4.69) is 24.4 Å². The molecule has 1 aromatic heterocycles. The van der Waals surface area contributed by atoms with E-state index in [0.717, 1.165) is 18.5 Å². The van der Waals surface area contributed by atoms with Gasteiger partial charge in [0.15, 0.2) is 0 Å². The van der Waals surface area contributed by atoms with Gasteiger partial charge in [0.05, 0.1) is 4.90 Å². The lowest BCUT2D eigenvalue weighted by atomic mass is 10.2. The van der Waals surface area contributed by atoms with Crippen LogP contribution < -0.4 is 10.5 Å². The Balaban J connectivity index is 1.94. The van der Waals surface area contributed by atoms with Gasteiger partial charge in [0.1, 0.15) is 0 Å². The van der Waals surface area contributed by atoms with Crippen LogP contribution in [0.5, 0.6) is 0 Å². The van der Waals surface area contributed by atoms with Crippen LogP contribution >= 0.6 is 11.3 Å². The lowest BCUT2D eigenvalue weighted by Gasteiger charge is -2.05. The van der Waals surface area contributed by atoms with Crippen molar-refractivity contribution in [1.82, 2.24) is 5.32 Å². The molecule has 0 atom stereocenters. The largest absolute Gasteiger partial charge is 0.308 e. The number of hydrogen-bond acceptors (Lipinski definition) is 4. The minimum Gasteiger partial charge on any atom is -0.308 e. The zero-order valence-electron chi connectivity index (χ0n) is 11.3. The van der Waals surface area contributed by atoms with E-state index < -0.39 is 10.0 Å². The molecule has 0 saturated heterocycles. The average molecular weight is 310 g/mol. The smallest absolute Gasteiger partial charge is 0.238 e. The SMILES string of the molecule is CCc1ccc(CNCc2cccc(S(N)(=O)=O)c2)s1. The van der Waals surface area contributed by atoms with Crippen molar-refractivity contribution in [2.24, 2.45) is 5.14 Å². The summed E-state index contributed by atoms with van der Waals surface area (Å²) in [6.07, 6.45) is 1.06. The van der Waals surface area contributed by atoms with Gasteiger partial charge >= 0.3 is 0 Å². The summed E-state index contributed by atoms with van der Waals surface area (Å²) in [7, 11) is -3.63. The maximum Gasteiger partial charge on any atom is 0.238 e. The average Bonchev–Trinajstić information content (AvgIpc) is 2.86. The molecule has 0 saturated carbocycles. The first-order valence-electron chi connectivity index (χ1n) is 6.39. The molecule has 1 heterocycles. The summed E-state index contributed by atoms with van der Waals surface area (Å²) in [5, 5.41) is 8.43. The number of hydrogen-bond donors (Lipinski definition) is 2. The lowest BCUT2D eigenvalue weighted by Crippen LogP contribution is -2.14. The first-order valence-corrected chi connectivity index (χ1v) is 8.75. The van der Waals surface area contributed by atoms with E-state index in [4.69, 9.17) is 5.14 Å². The Labute approximate surface area is 123 Å². The molecular weight excluding hydrogens is 292 g/mol. The molecule has 0 fully saturated rings. The third kappa shape index (κ3) is 4.14. The van der Waals surface area contributed by atoms with E-state index in [0.29, 0.717) is 6.54 Å². The van der Waals surface area contributed by atoms with Crippen molar-refractivity contribution in [3.05, 3.63) is 51.7 Å². The van der Waals surface area contributed by atoms with Gasteiger partial charge in [0.25, 0.3) is 0 Å². The summed E-state index contributed by atoms with van der Waals surface area (Å²) >= 11 is 1.80. The Kier molecular flexibility index (Phi) is 4.93. The van der Waals surface area contributed by atoms with E-state index in [1.807, 2.05) is 6.07 Å². The zero-order valence-corrected chi connectivity index (χ0v) is 12.9. The highest BCUT2D eigenvalue weighted by Crippen LogP contribution is 2.17. The number of rotatable bonds is 6. The standard InChI is InChI=1S/C14H18N2O2S2/c1-2-12-6-7-13(19-12)10-16-9-11-4-3-5-14(8-11)20(15,17)18/h3-8,16H,2,9-10H2,1H3,(H2,15,17,18). The van der Waals surface area contributed by atoms with Crippen LogP contribution in [0.2, 0.25) is 0 Å². The van der Waals surface area contributed by atoms with Gasteiger partial charge in [-0.05, 0) is 36.2 Å². The monoisotopic (exact) mass is 310 g/mol. The maximum absolute atomic E-state index is 11.3. The van der Waals surface area contributed by atoms with Gasteiger partial charge in [-0.2, -0.15) is 0 Å². The molecule has 0 aliphatic heterocycles. The van der Waals surface area contributed by atoms with Gasteiger partial charge in [-0.1, -0.05) is 19.1 Å². The molecule has 4 nitrogen and oxygen atoms in total. The summed E-state index contributed by atoms with van der Waals surface area (Å²) in [5.41, 5.74) is 0.906. The Morgan fingerprint density at radius 2 is 1.90 bits per heavy atom. The second-order valence-corrected chi connectivity index (χ2v) is 7.33. The molecule has 2 rings (SSSR count). The number of nitrogens with one attached hydrogen (secondary N) is 1. The van der Waals surface area contributed by atoms with Gasteiger partial charge in [0, 0.05) is 22.8 Å². The Morgan fingerprint density at radius 3 is 2.55 bits per heavy atom. The fourth-order valence-corrected chi connectivity index (χ4v) is 3.38. The number of primary sulfonamides is 1. The second-order valence-electron chi connectivity index (χ2n) is 4.52. The van der Waals surface area contributed by atoms with Crippen LogP contribution in [0.25, 0.3) is 0 Å². The first-order chi connectivity index (χ1) is 9.49. The van der Waals surface area contributed by atoms with Crippen molar-refractivity contribution in [2.45, 2.75) is 31.3 Å². The van der Waals surface area contributed by atoms with E-state index in [1.165, 1.54) is 15.8 Å². The Hall–Kier alpha value is -1.21. The Morgan fingerprint density at radius 1 is 1.15 bits per heavy atom. The van der Waals surface area contributed by atoms with Crippen LogP contribution in [-0.4, -0.2) is 8.42 Å². The van der Waals surface area contributed by atoms with Crippen molar-refractivity contribution in [1.29, 1.82) is 0 Å². The van der Waals surface area contributed by atoms with Crippen LogP contribution in [0.15, 0.2) is 41.3 Å². The summed E-state index contributed by atoms with van der Waals surface area (Å²) in [6, 6.07) is 11.0. The number of aryl methyl sites for hydroxylation is 1. The van der Waals surface area contributed by atoms with Crippen molar-refractivity contribution >= 4 is 21.4 Å². The van der Waals surface area contributed by atoms with Gasteiger partial charge in [-0.25, -0.2) is 13.6 Å². The highest BCUT2D eigenvalue weighted by molar-refractivity contribution is 7.89. The number of benzene rings is 1. The third-order valence-electron chi connectivity index (χ3n) is 2.92. The molecular formula is C14H18N2O2S2. The lowest BCUT2D eigenvalue weighted by molar-refractivity contribution is 0.597. The predicted molar refractivity (Wildman–Crippen MR) is 82.1 cm³/mol. The first kappa shape index (κ1) is 15.2. The van der Waals surface area contributed by atoms with Crippen molar-refractivity contribution in [3.63, 3.8) is 0 Å². The van der Waals surface area contributed by atoms with Crippen LogP contribution in [-0.2, 0) is 29.5 Å². The van der Waals surface area contributed by atoms with Gasteiger partial charge in [0.2, 0.25) is 10.0 Å². The second kappa shape index (κ2) is 6.49. The molecule has 6 heteroatoms. The summed E-state index contributed by atoms with van der Waals surface area (Å²) < 4.78 is 22.6. The summed E-state index contributed by atoms with van der Waals surface area (Å²) in [4.78, 5) is 2.81. The molecule has 2 aromatic rings. The topological polar surface area (TPSA) is 72.2 Å². The predicted octanol–water partition coefficient (Wildman–Crippen LogP) is 2.25. The quantitative estimate of drug-likeness (QED) is 0.859. The van der Waals surface area contributed by atoms with Gasteiger partial charge < -0.3 is 5.32 Å². The highest BCUT2D eigenvalue weighted by Gasteiger charge is 2.07. The number of nitrogens with two attached hydrogens (primary N) is 1. The molecule has 0 bridgehead atoms. The fourth-order valence-electron chi connectivity index (χ4n) is 1.87. The molecule has 20 heavy (non-hydrogen) atoms. The summed E-state index contributed by atoms with van der Waals surface area (Å²) in [5.74, 6) is 0. The van der Waals surface area contributed by atoms with Crippen LogP contribution in [0.1, 0.15) is 22.2 Å². The summed E-state index contributed by atoms with van der Waals surface area (Å²) in [6.45, 7) is 3.54. The number of sulfonamides is 1. The molecule has 3 N–H and O–H groups in total. The van der Waals surface area contributed by atoms with Crippen LogP contribution in [0.4, 0.5) is 0 Å². The van der Waals surface area contributed by atoms with E-state index in [9.17, 15) is 8.42 Å². The van der Waals surface area contributed by atoms with Crippen molar-refractivity contribution in [3.8, 4) is 0 Å². The molecule has 0 unspecified atom stereocenters. The minimum absolute atomic E-state index is 0.154. The fraction of sp³-hybridized carbons (Fsp3) is 0.286. The van der Waals surface area contributed by atoms with Crippen molar-refractivity contribution in [2.75, 3.05) is 0 Å². The molecule has 0 spiro atoms. The van der Waals surface area contributed by atoms with Gasteiger partial charge in [-0.3, -0.25) is 0 Å². The van der Waals surface area contributed by atoms with Crippen LogP contribution in [0.3, 0.4) is 0 Å². The molecule has 0 aliphatic carbocycles. The molecule has 0 amide bonds. The normalized spacial score (nSPS) is 11.7. The van der Waals surface area contributed by atoms with Crippen molar-refractivity contribution < 1.29 is 8.42 Å². The third-order valence-corrected chi connectivity index (χ3v) is 5.06. The molecule has 0 radical (unpaired) electrons. The maximum atomic E-state index is 11.3. The van der Waals surface area contributed by atoms with Crippen LogP contribution in [0, 0.1) is 0 Å². The number of thiophene rings is 1. The van der Waals surface area contributed by atoms with E-state index in [-0.39, 0.29) is 4.90 Å². The highest BCUT2D eigenvalue weighted by atomic mass is 32.2. The molecule has 0 aliphatic rings.